The quantitative estimate of drug-likeness (QED) is 0.846. The fourth-order valence-electron chi connectivity index (χ4n) is 1.36. The van der Waals surface area contributed by atoms with Crippen LogP contribution in [-0.4, -0.2) is 14.2 Å². The molecule has 0 unspecified atom stereocenters. The Morgan fingerprint density at radius 1 is 1.38 bits per heavy atom. The zero-order chi connectivity index (χ0) is 12.1. The first-order chi connectivity index (χ1) is 7.63. The smallest absolute Gasteiger partial charge is 0.163 e. The third kappa shape index (κ3) is 2.41. The van der Waals surface area contributed by atoms with Crippen molar-refractivity contribution in [3.05, 3.63) is 23.5 Å². The van der Waals surface area contributed by atoms with Gasteiger partial charge in [-0.15, -0.1) is 0 Å². The highest BCUT2D eigenvalue weighted by Gasteiger charge is 2.16. The number of hydrogen-bond acceptors (Lipinski definition) is 4. The van der Waals surface area contributed by atoms with Gasteiger partial charge < -0.3 is 15.2 Å². The van der Waals surface area contributed by atoms with E-state index in [0.29, 0.717) is 11.5 Å². The van der Waals surface area contributed by atoms with Crippen molar-refractivity contribution in [2.45, 2.75) is 12.5 Å². The summed E-state index contributed by atoms with van der Waals surface area (Å²) in [5, 5.41) is 8.51. The molecule has 1 rings (SSSR count). The average molecular weight is 224 g/mol. The fraction of sp³-hybridized carbons (Fsp3) is 0.364. The Bertz CT molecular complexity index is 415. The minimum Gasteiger partial charge on any atom is -0.493 e. The van der Waals surface area contributed by atoms with E-state index in [9.17, 15) is 4.39 Å². The second-order valence-corrected chi connectivity index (χ2v) is 3.20. The predicted molar refractivity (Wildman–Crippen MR) is 56.7 cm³/mol. The van der Waals surface area contributed by atoms with Crippen LogP contribution in [0, 0.1) is 17.1 Å². The number of nitrogens with zero attached hydrogens (tertiary/aromatic N) is 1. The predicted octanol–water partition coefficient (Wildman–Crippen LogP) is 1.76. The average Bonchev–Trinajstić information content (AvgIpc) is 2.28. The van der Waals surface area contributed by atoms with Crippen LogP contribution in [0.1, 0.15) is 18.0 Å². The summed E-state index contributed by atoms with van der Waals surface area (Å²) in [6, 6.07) is 3.89. The molecule has 0 heterocycles. The zero-order valence-electron chi connectivity index (χ0n) is 9.16. The lowest BCUT2D eigenvalue weighted by molar-refractivity contribution is 0.351. The molecule has 0 aliphatic rings. The molecule has 0 fully saturated rings. The summed E-state index contributed by atoms with van der Waals surface area (Å²) >= 11 is 0. The SMILES string of the molecule is COc1cc(F)c([C@H](N)CC#N)cc1OC. The van der Waals surface area contributed by atoms with Gasteiger partial charge in [-0.05, 0) is 6.07 Å². The van der Waals surface area contributed by atoms with E-state index >= 15 is 0 Å². The maximum absolute atomic E-state index is 13.6. The monoisotopic (exact) mass is 224 g/mol. The summed E-state index contributed by atoms with van der Waals surface area (Å²) in [6.45, 7) is 0. The van der Waals surface area contributed by atoms with Crippen molar-refractivity contribution in [3.8, 4) is 17.6 Å². The molecule has 0 spiro atoms. The molecule has 0 amide bonds. The first-order valence-electron chi connectivity index (χ1n) is 4.68. The van der Waals surface area contributed by atoms with Gasteiger partial charge in [-0.2, -0.15) is 5.26 Å². The van der Waals surface area contributed by atoms with E-state index in [1.165, 1.54) is 26.4 Å². The van der Waals surface area contributed by atoms with Crippen molar-refractivity contribution >= 4 is 0 Å². The summed E-state index contributed by atoms with van der Waals surface area (Å²) in [4.78, 5) is 0. The van der Waals surface area contributed by atoms with Crippen molar-refractivity contribution < 1.29 is 13.9 Å². The van der Waals surface area contributed by atoms with Crippen molar-refractivity contribution in [3.63, 3.8) is 0 Å². The van der Waals surface area contributed by atoms with Crippen LogP contribution in [-0.2, 0) is 0 Å². The summed E-state index contributed by atoms with van der Waals surface area (Å²) in [5.74, 6) is 0.195. The molecule has 0 saturated carbocycles. The molecule has 1 atom stereocenters. The Hall–Kier alpha value is -1.80. The highest BCUT2D eigenvalue weighted by molar-refractivity contribution is 5.44. The van der Waals surface area contributed by atoms with E-state index < -0.39 is 11.9 Å². The van der Waals surface area contributed by atoms with Gasteiger partial charge >= 0.3 is 0 Å². The van der Waals surface area contributed by atoms with Crippen molar-refractivity contribution in [1.29, 1.82) is 5.26 Å². The zero-order valence-corrected chi connectivity index (χ0v) is 9.16. The molecule has 5 heteroatoms. The first kappa shape index (κ1) is 12.3. The molecule has 4 nitrogen and oxygen atoms in total. The lowest BCUT2D eigenvalue weighted by Gasteiger charge is -2.13. The summed E-state index contributed by atoms with van der Waals surface area (Å²) in [5.41, 5.74) is 5.91. The summed E-state index contributed by atoms with van der Waals surface area (Å²) in [6.07, 6.45) is 0.0480. The third-order valence-corrected chi connectivity index (χ3v) is 2.21. The molecule has 1 aromatic rings. The summed E-state index contributed by atoms with van der Waals surface area (Å²) in [7, 11) is 2.88. The van der Waals surface area contributed by atoms with E-state index in [0.717, 1.165) is 0 Å². The second-order valence-electron chi connectivity index (χ2n) is 3.20. The van der Waals surface area contributed by atoms with Gasteiger partial charge in [-0.25, -0.2) is 4.39 Å². The van der Waals surface area contributed by atoms with Gasteiger partial charge in [0.1, 0.15) is 5.82 Å². The molecule has 0 radical (unpaired) electrons. The number of methoxy groups -OCH3 is 2. The molecule has 1 aromatic carbocycles. The molecule has 0 bridgehead atoms. The van der Waals surface area contributed by atoms with Crippen LogP contribution in [0.25, 0.3) is 0 Å². The van der Waals surface area contributed by atoms with Gasteiger partial charge in [0.15, 0.2) is 11.5 Å². The number of rotatable bonds is 4. The normalized spacial score (nSPS) is 11.7. The largest absolute Gasteiger partial charge is 0.493 e. The minimum absolute atomic E-state index is 0.0480. The highest BCUT2D eigenvalue weighted by Crippen LogP contribution is 2.32. The number of hydrogen-bond donors (Lipinski definition) is 1. The molecular formula is C11H13FN2O2. The molecule has 0 aliphatic heterocycles. The summed E-state index contributed by atoms with van der Waals surface area (Å²) < 4.78 is 23.6. The Morgan fingerprint density at radius 3 is 2.44 bits per heavy atom. The highest BCUT2D eigenvalue weighted by atomic mass is 19.1. The standard InChI is InChI=1S/C11H13FN2O2/c1-15-10-5-7(9(14)3-4-13)8(12)6-11(10)16-2/h5-6,9H,3,14H2,1-2H3/t9-/m1/s1. The van der Waals surface area contributed by atoms with E-state index in [4.69, 9.17) is 20.5 Å². The third-order valence-electron chi connectivity index (χ3n) is 2.21. The fourth-order valence-corrected chi connectivity index (χ4v) is 1.36. The van der Waals surface area contributed by atoms with Crippen LogP contribution in [0.2, 0.25) is 0 Å². The van der Waals surface area contributed by atoms with Crippen LogP contribution in [0.3, 0.4) is 0 Å². The van der Waals surface area contributed by atoms with Crippen LogP contribution in [0.5, 0.6) is 11.5 Å². The maximum atomic E-state index is 13.6. The Balaban J connectivity index is 3.16. The van der Waals surface area contributed by atoms with Gasteiger partial charge in [-0.1, -0.05) is 0 Å². The number of benzene rings is 1. The van der Waals surface area contributed by atoms with Gasteiger partial charge in [0.25, 0.3) is 0 Å². The molecule has 0 saturated heterocycles. The van der Waals surface area contributed by atoms with E-state index in [1.807, 2.05) is 6.07 Å². The molecule has 86 valence electrons. The van der Waals surface area contributed by atoms with Crippen LogP contribution >= 0.6 is 0 Å². The van der Waals surface area contributed by atoms with Crippen LogP contribution in [0.15, 0.2) is 12.1 Å². The topological polar surface area (TPSA) is 68.3 Å². The maximum Gasteiger partial charge on any atom is 0.163 e. The molecular weight excluding hydrogens is 211 g/mol. The Morgan fingerprint density at radius 2 is 1.94 bits per heavy atom. The molecule has 16 heavy (non-hydrogen) atoms. The lowest BCUT2D eigenvalue weighted by Crippen LogP contribution is -2.11. The van der Waals surface area contributed by atoms with Gasteiger partial charge in [0.05, 0.1) is 26.7 Å². The van der Waals surface area contributed by atoms with E-state index in [-0.39, 0.29) is 12.0 Å². The number of nitriles is 1. The minimum atomic E-state index is -0.662. The second kappa shape index (κ2) is 5.33. The lowest BCUT2D eigenvalue weighted by atomic mass is 10.0. The van der Waals surface area contributed by atoms with E-state index in [2.05, 4.69) is 0 Å². The molecule has 0 aromatic heterocycles. The Labute approximate surface area is 93.4 Å². The van der Waals surface area contributed by atoms with Gasteiger partial charge in [-0.3, -0.25) is 0 Å². The Kier molecular flexibility index (Phi) is 4.09. The first-order valence-corrected chi connectivity index (χ1v) is 4.68. The van der Waals surface area contributed by atoms with Crippen molar-refractivity contribution in [2.24, 2.45) is 5.73 Å². The number of nitrogens with two attached hydrogens (primary N) is 1. The van der Waals surface area contributed by atoms with Gasteiger partial charge in [0.2, 0.25) is 0 Å². The molecule has 2 N–H and O–H groups in total. The van der Waals surface area contributed by atoms with Crippen molar-refractivity contribution in [1.82, 2.24) is 0 Å². The van der Waals surface area contributed by atoms with Gasteiger partial charge in [0, 0.05) is 17.7 Å². The van der Waals surface area contributed by atoms with Crippen molar-refractivity contribution in [2.75, 3.05) is 14.2 Å². The number of ether oxygens (including phenoxy) is 2. The van der Waals surface area contributed by atoms with Crippen LogP contribution in [0.4, 0.5) is 4.39 Å². The van der Waals surface area contributed by atoms with E-state index in [1.54, 1.807) is 0 Å². The van der Waals surface area contributed by atoms with Crippen LogP contribution < -0.4 is 15.2 Å². The number of halogens is 1. The molecule has 0 aliphatic carbocycles.